The Labute approximate surface area is 100 Å². The lowest BCUT2D eigenvalue weighted by Gasteiger charge is -2.27. The smallest absolute Gasteiger partial charge is 0.337 e. The average Bonchev–Trinajstić information content (AvgIpc) is 2.22. The summed E-state index contributed by atoms with van der Waals surface area (Å²) in [6.07, 6.45) is 0. The van der Waals surface area contributed by atoms with Gasteiger partial charge in [-0.2, -0.15) is 0 Å². The van der Waals surface area contributed by atoms with Crippen LogP contribution < -0.4 is 5.32 Å². The fraction of sp³-hybridized carbons (Fsp3) is 0.800. The molecule has 2 amide bonds. The molecule has 1 unspecified atom stereocenters. The van der Waals surface area contributed by atoms with Crippen LogP contribution in [-0.4, -0.2) is 63.6 Å². The number of carboxylic acid groups (broad SMARTS) is 1. The predicted molar refractivity (Wildman–Crippen MR) is 60.6 cm³/mol. The summed E-state index contributed by atoms with van der Waals surface area (Å²) in [6, 6.07) is -0.646. The zero-order valence-electron chi connectivity index (χ0n) is 10.3. The maximum atomic E-state index is 11.6. The second-order valence-electron chi connectivity index (χ2n) is 4.25. The van der Waals surface area contributed by atoms with Crippen LogP contribution in [0.15, 0.2) is 0 Å². The van der Waals surface area contributed by atoms with Crippen LogP contribution in [-0.2, 0) is 4.79 Å². The second-order valence-corrected chi connectivity index (χ2v) is 4.25. The molecule has 0 spiro atoms. The average molecular weight is 248 g/mol. The third kappa shape index (κ3) is 5.01. The molecule has 1 atom stereocenters. The van der Waals surface area contributed by atoms with Crippen LogP contribution >= 0.6 is 0 Å². The van der Waals surface area contributed by atoms with Gasteiger partial charge in [0.1, 0.15) is 0 Å². The number of hydrogen-bond donors (Lipinski definition) is 4. The minimum Gasteiger partial charge on any atom is -0.479 e. The molecule has 0 aromatic rings. The van der Waals surface area contributed by atoms with Gasteiger partial charge in [0.2, 0.25) is 0 Å². The topological polar surface area (TPSA) is 110 Å². The lowest BCUT2D eigenvalue weighted by Crippen LogP contribution is -2.52. The van der Waals surface area contributed by atoms with Crippen molar-refractivity contribution in [2.75, 3.05) is 19.7 Å². The monoisotopic (exact) mass is 248 g/mol. The van der Waals surface area contributed by atoms with E-state index in [1.807, 2.05) is 0 Å². The number of aliphatic carboxylic acids is 1. The lowest BCUT2D eigenvalue weighted by molar-refractivity contribution is -0.155. The van der Waals surface area contributed by atoms with E-state index in [1.54, 1.807) is 13.8 Å². The van der Waals surface area contributed by atoms with Crippen molar-refractivity contribution >= 4 is 12.0 Å². The van der Waals surface area contributed by atoms with Gasteiger partial charge in [-0.3, -0.25) is 0 Å². The molecule has 100 valence electrons. The van der Waals surface area contributed by atoms with Crippen molar-refractivity contribution in [3.05, 3.63) is 0 Å². The Morgan fingerprint density at radius 3 is 2.29 bits per heavy atom. The number of hydrogen-bond acceptors (Lipinski definition) is 4. The maximum absolute atomic E-state index is 11.6. The molecule has 0 aromatic carbocycles. The fourth-order valence-corrected chi connectivity index (χ4v) is 1.13. The Morgan fingerprint density at radius 2 is 1.94 bits per heavy atom. The van der Waals surface area contributed by atoms with Crippen LogP contribution in [0.3, 0.4) is 0 Å². The van der Waals surface area contributed by atoms with Crippen molar-refractivity contribution in [3.8, 4) is 0 Å². The minimum absolute atomic E-state index is 0.128. The molecule has 0 bridgehead atoms. The van der Waals surface area contributed by atoms with Crippen molar-refractivity contribution in [3.63, 3.8) is 0 Å². The molecule has 0 radical (unpaired) electrons. The highest BCUT2D eigenvalue weighted by atomic mass is 16.4. The Kier molecular flexibility index (Phi) is 5.90. The zero-order valence-corrected chi connectivity index (χ0v) is 10.3. The second kappa shape index (κ2) is 6.41. The molecule has 0 aliphatic carbocycles. The van der Waals surface area contributed by atoms with E-state index in [-0.39, 0.29) is 19.2 Å². The summed E-state index contributed by atoms with van der Waals surface area (Å²) in [5.41, 5.74) is -2.00. The first kappa shape index (κ1) is 15.7. The molecule has 0 rings (SSSR count). The van der Waals surface area contributed by atoms with E-state index >= 15 is 0 Å². The van der Waals surface area contributed by atoms with Crippen LogP contribution in [0.5, 0.6) is 0 Å². The molecule has 0 saturated carbocycles. The highest BCUT2D eigenvalue weighted by Gasteiger charge is 2.31. The number of carbonyl (C=O) groups is 2. The maximum Gasteiger partial charge on any atom is 0.337 e. The first-order valence-electron chi connectivity index (χ1n) is 5.33. The van der Waals surface area contributed by atoms with E-state index in [2.05, 4.69) is 5.32 Å². The van der Waals surface area contributed by atoms with Crippen molar-refractivity contribution in [2.45, 2.75) is 32.4 Å². The van der Waals surface area contributed by atoms with Crippen LogP contribution in [0.2, 0.25) is 0 Å². The number of rotatable bonds is 6. The quantitative estimate of drug-likeness (QED) is 0.493. The van der Waals surface area contributed by atoms with Crippen LogP contribution in [0.4, 0.5) is 4.79 Å². The number of nitrogens with one attached hydrogen (secondary N) is 1. The fourth-order valence-electron chi connectivity index (χ4n) is 1.13. The first-order valence-corrected chi connectivity index (χ1v) is 5.33. The van der Waals surface area contributed by atoms with Crippen LogP contribution in [0.25, 0.3) is 0 Å². The Hall–Kier alpha value is -1.34. The van der Waals surface area contributed by atoms with Gasteiger partial charge in [-0.1, -0.05) is 0 Å². The van der Waals surface area contributed by atoms with E-state index in [0.29, 0.717) is 0 Å². The number of carbonyl (C=O) groups excluding carboxylic acids is 1. The van der Waals surface area contributed by atoms with Crippen molar-refractivity contribution in [1.29, 1.82) is 0 Å². The number of amides is 2. The Balaban J connectivity index is 4.38. The number of aliphatic hydroxyl groups excluding tert-OH is 1. The third-order valence-corrected chi connectivity index (χ3v) is 2.27. The highest BCUT2D eigenvalue weighted by molar-refractivity contribution is 5.79. The van der Waals surface area contributed by atoms with Gasteiger partial charge >= 0.3 is 12.0 Å². The van der Waals surface area contributed by atoms with Crippen molar-refractivity contribution < 1.29 is 24.9 Å². The van der Waals surface area contributed by atoms with E-state index in [4.69, 9.17) is 10.2 Å². The van der Waals surface area contributed by atoms with Gasteiger partial charge in [-0.05, 0) is 20.8 Å². The molecule has 0 aliphatic heterocycles. The summed E-state index contributed by atoms with van der Waals surface area (Å²) in [5.74, 6) is -1.41. The minimum atomic E-state index is -2.00. The summed E-state index contributed by atoms with van der Waals surface area (Å²) >= 11 is 0. The van der Waals surface area contributed by atoms with Gasteiger partial charge in [-0.25, -0.2) is 9.59 Å². The summed E-state index contributed by atoms with van der Waals surface area (Å²) in [5, 5.41) is 29.2. The molecule has 7 nitrogen and oxygen atoms in total. The normalized spacial score (nSPS) is 14.2. The predicted octanol–water partition coefficient (Wildman–Crippen LogP) is -0.766. The molecule has 0 aromatic heterocycles. The SMILES string of the molecule is CC(C)N(CCO)C(=O)NCC(C)(O)C(=O)O. The van der Waals surface area contributed by atoms with E-state index in [0.717, 1.165) is 6.92 Å². The first-order chi connectivity index (χ1) is 7.72. The van der Waals surface area contributed by atoms with Gasteiger partial charge in [0.05, 0.1) is 13.2 Å². The summed E-state index contributed by atoms with van der Waals surface area (Å²) in [6.45, 7) is 4.21. The van der Waals surface area contributed by atoms with Crippen molar-refractivity contribution in [1.82, 2.24) is 10.2 Å². The molecule has 17 heavy (non-hydrogen) atoms. The summed E-state index contributed by atoms with van der Waals surface area (Å²) < 4.78 is 0. The Morgan fingerprint density at radius 1 is 1.41 bits per heavy atom. The molecule has 0 aliphatic rings. The molecule has 4 N–H and O–H groups in total. The van der Waals surface area contributed by atoms with Gasteiger partial charge in [0.15, 0.2) is 5.60 Å². The van der Waals surface area contributed by atoms with Gasteiger partial charge in [0.25, 0.3) is 0 Å². The van der Waals surface area contributed by atoms with E-state index in [9.17, 15) is 14.7 Å². The van der Waals surface area contributed by atoms with E-state index in [1.165, 1.54) is 4.90 Å². The Bertz CT molecular complexity index is 278. The third-order valence-electron chi connectivity index (χ3n) is 2.27. The summed E-state index contributed by atoms with van der Waals surface area (Å²) in [7, 11) is 0. The van der Waals surface area contributed by atoms with Gasteiger partial charge < -0.3 is 25.5 Å². The highest BCUT2D eigenvalue weighted by Crippen LogP contribution is 2.03. The standard InChI is InChI=1S/C10H20N2O5/c1-7(2)12(4-5-13)9(16)11-6-10(3,17)8(14)15/h7,13,17H,4-6H2,1-3H3,(H,11,16)(H,14,15). The number of urea groups is 1. The summed E-state index contributed by atoms with van der Waals surface area (Å²) in [4.78, 5) is 23.6. The van der Waals surface area contributed by atoms with Gasteiger partial charge in [-0.15, -0.1) is 0 Å². The molecule has 0 fully saturated rings. The lowest BCUT2D eigenvalue weighted by atomic mass is 10.1. The van der Waals surface area contributed by atoms with Crippen molar-refractivity contribution in [2.24, 2.45) is 0 Å². The molecular weight excluding hydrogens is 228 g/mol. The molecular formula is C10H20N2O5. The van der Waals surface area contributed by atoms with Crippen LogP contribution in [0, 0.1) is 0 Å². The van der Waals surface area contributed by atoms with E-state index < -0.39 is 24.1 Å². The number of aliphatic hydroxyl groups is 2. The van der Waals surface area contributed by atoms with Gasteiger partial charge in [0, 0.05) is 12.6 Å². The molecule has 0 heterocycles. The molecule has 0 saturated heterocycles. The largest absolute Gasteiger partial charge is 0.479 e. The van der Waals surface area contributed by atoms with Crippen LogP contribution in [0.1, 0.15) is 20.8 Å². The number of carboxylic acids is 1. The number of nitrogens with zero attached hydrogens (tertiary/aromatic N) is 1. The zero-order chi connectivity index (χ0) is 13.6. The molecule has 7 heteroatoms.